The summed E-state index contributed by atoms with van der Waals surface area (Å²) < 4.78 is 4.92. The van der Waals surface area contributed by atoms with Crippen LogP contribution in [0.3, 0.4) is 0 Å². The zero-order valence-corrected chi connectivity index (χ0v) is 13.0. The van der Waals surface area contributed by atoms with E-state index in [2.05, 4.69) is 27.7 Å². The molecule has 0 aliphatic carbocycles. The second kappa shape index (κ2) is 6.68. The van der Waals surface area contributed by atoms with Gasteiger partial charge in [0.25, 0.3) is 0 Å². The van der Waals surface area contributed by atoms with Crippen LogP contribution in [0.5, 0.6) is 0 Å². The average Bonchev–Trinajstić information content (AvgIpc) is 3.15. The minimum Gasteiger partial charge on any atom is -0.447 e. The van der Waals surface area contributed by atoms with Crippen molar-refractivity contribution >= 4 is 17.0 Å². The number of nitroso groups, excluding NO2 is 1. The molecule has 0 saturated carbocycles. The second-order valence-electron chi connectivity index (χ2n) is 5.72. The predicted octanol–water partition coefficient (Wildman–Crippen LogP) is 2.36. The fraction of sp³-hybridized carbons (Fsp3) is 0.438. The number of cyclic esters (lactones) is 1. The number of benzene rings is 1. The molecule has 122 valence electrons. The van der Waals surface area contributed by atoms with Crippen molar-refractivity contribution in [2.45, 2.75) is 25.8 Å². The van der Waals surface area contributed by atoms with E-state index in [1.165, 1.54) is 5.01 Å². The molecule has 1 amide bonds. The molecule has 1 saturated heterocycles. The summed E-state index contributed by atoms with van der Waals surface area (Å²) in [5.41, 5.74) is 3.38. The van der Waals surface area contributed by atoms with Gasteiger partial charge < -0.3 is 15.0 Å². The predicted molar refractivity (Wildman–Crippen MR) is 87.0 cm³/mol. The minimum absolute atomic E-state index is 0.0252. The van der Waals surface area contributed by atoms with Gasteiger partial charge in [-0.3, -0.25) is 5.01 Å². The minimum atomic E-state index is -0.348. The molecule has 1 aliphatic heterocycles. The largest absolute Gasteiger partial charge is 0.447 e. The molecule has 7 heteroatoms. The Bertz CT molecular complexity index is 712. The number of ether oxygens (including phenoxy) is 1. The van der Waals surface area contributed by atoms with E-state index in [1.807, 2.05) is 19.2 Å². The van der Waals surface area contributed by atoms with Gasteiger partial charge >= 0.3 is 6.09 Å². The molecule has 0 unspecified atom stereocenters. The van der Waals surface area contributed by atoms with Gasteiger partial charge in [0, 0.05) is 30.2 Å². The Morgan fingerprint density at radius 1 is 1.43 bits per heavy atom. The molecule has 1 aliphatic rings. The van der Waals surface area contributed by atoms with Gasteiger partial charge in [-0.25, -0.2) is 4.79 Å². The molecule has 1 atom stereocenters. The SMILES string of the molecule is CCN(CCc1c[nH]c2ccc(C[C@H]3COC(=O)N3)cc12)N=O. The van der Waals surface area contributed by atoms with Crippen molar-refractivity contribution in [1.29, 1.82) is 0 Å². The third kappa shape index (κ3) is 3.44. The topological polar surface area (TPSA) is 86.8 Å². The number of likely N-dealkylation sites (N-methyl/N-ethyl adjacent to an activating group) is 1. The monoisotopic (exact) mass is 316 g/mol. The summed E-state index contributed by atoms with van der Waals surface area (Å²) in [4.78, 5) is 25.0. The zero-order valence-electron chi connectivity index (χ0n) is 13.0. The summed E-state index contributed by atoms with van der Waals surface area (Å²) in [6.45, 7) is 3.53. The van der Waals surface area contributed by atoms with Crippen molar-refractivity contribution in [2.24, 2.45) is 5.29 Å². The van der Waals surface area contributed by atoms with Gasteiger partial charge in [-0.05, 0) is 43.0 Å². The van der Waals surface area contributed by atoms with E-state index in [0.29, 0.717) is 19.7 Å². The van der Waals surface area contributed by atoms with E-state index in [1.54, 1.807) is 0 Å². The van der Waals surface area contributed by atoms with Crippen LogP contribution in [0, 0.1) is 4.91 Å². The fourth-order valence-electron chi connectivity index (χ4n) is 2.89. The van der Waals surface area contributed by atoms with Gasteiger partial charge in [-0.15, -0.1) is 4.91 Å². The molecule has 1 aromatic carbocycles. The van der Waals surface area contributed by atoms with E-state index >= 15 is 0 Å². The number of rotatable bonds is 7. The smallest absolute Gasteiger partial charge is 0.407 e. The van der Waals surface area contributed by atoms with Gasteiger partial charge in [0.15, 0.2) is 0 Å². The van der Waals surface area contributed by atoms with Crippen molar-refractivity contribution in [3.8, 4) is 0 Å². The number of alkyl carbamates (subject to hydrolysis) is 1. The first-order valence-corrected chi connectivity index (χ1v) is 7.80. The molecule has 1 aromatic heterocycles. The fourth-order valence-corrected chi connectivity index (χ4v) is 2.89. The number of aromatic amines is 1. The molecule has 1 fully saturated rings. The third-order valence-corrected chi connectivity index (χ3v) is 4.17. The highest BCUT2D eigenvalue weighted by Crippen LogP contribution is 2.22. The molecule has 2 N–H and O–H groups in total. The lowest BCUT2D eigenvalue weighted by atomic mass is 10.0. The van der Waals surface area contributed by atoms with Crippen LogP contribution in [0.4, 0.5) is 4.79 Å². The zero-order chi connectivity index (χ0) is 16.2. The number of hydrogen-bond donors (Lipinski definition) is 2. The Morgan fingerprint density at radius 2 is 2.30 bits per heavy atom. The van der Waals surface area contributed by atoms with Crippen LogP contribution in [0.25, 0.3) is 10.9 Å². The number of carbonyl (C=O) groups excluding carboxylic acids is 1. The van der Waals surface area contributed by atoms with Gasteiger partial charge in [0.05, 0.1) is 11.3 Å². The number of hydrogen-bond acceptors (Lipinski definition) is 4. The van der Waals surface area contributed by atoms with E-state index < -0.39 is 0 Å². The number of amides is 1. The maximum atomic E-state index is 11.1. The molecule has 0 radical (unpaired) electrons. The van der Waals surface area contributed by atoms with E-state index in [0.717, 1.165) is 34.9 Å². The lowest BCUT2D eigenvalue weighted by molar-refractivity contribution is 0.177. The van der Waals surface area contributed by atoms with Crippen molar-refractivity contribution in [2.75, 3.05) is 19.7 Å². The lowest BCUT2D eigenvalue weighted by Crippen LogP contribution is -2.28. The van der Waals surface area contributed by atoms with E-state index in [4.69, 9.17) is 4.74 Å². The quantitative estimate of drug-likeness (QED) is 0.606. The molecule has 2 heterocycles. The summed E-state index contributed by atoms with van der Waals surface area (Å²) >= 11 is 0. The number of H-pyrrole nitrogens is 1. The molecule has 3 rings (SSSR count). The van der Waals surface area contributed by atoms with Crippen LogP contribution in [0.15, 0.2) is 29.7 Å². The van der Waals surface area contributed by atoms with Crippen LogP contribution < -0.4 is 5.32 Å². The van der Waals surface area contributed by atoms with Crippen LogP contribution in [-0.4, -0.2) is 41.8 Å². The van der Waals surface area contributed by atoms with Crippen LogP contribution >= 0.6 is 0 Å². The number of aromatic nitrogens is 1. The van der Waals surface area contributed by atoms with Crippen LogP contribution in [0.2, 0.25) is 0 Å². The van der Waals surface area contributed by atoms with Crippen molar-refractivity contribution in [3.05, 3.63) is 40.4 Å². The third-order valence-electron chi connectivity index (χ3n) is 4.17. The number of carbonyl (C=O) groups is 1. The van der Waals surface area contributed by atoms with Crippen molar-refractivity contribution in [1.82, 2.24) is 15.3 Å². The number of nitrogens with zero attached hydrogens (tertiary/aromatic N) is 2. The maximum Gasteiger partial charge on any atom is 0.407 e. The summed E-state index contributed by atoms with van der Waals surface area (Å²) in [5, 5.41) is 8.45. The normalized spacial score (nSPS) is 17.1. The molecule has 0 spiro atoms. The highest BCUT2D eigenvalue weighted by Gasteiger charge is 2.22. The van der Waals surface area contributed by atoms with Crippen molar-refractivity contribution in [3.63, 3.8) is 0 Å². The summed E-state index contributed by atoms with van der Waals surface area (Å²) in [7, 11) is 0. The van der Waals surface area contributed by atoms with Gasteiger partial charge in [-0.1, -0.05) is 6.07 Å². The van der Waals surface area contributed by atoms with Crippen LogP contribution in [0.1, 0.15) is 18.1 Å². The standard InChI is InChI=1S/C16H20N4O3/c1-2-20(19-22)6-5-12-9-17-15-4-3-11(8-14(12)15)7-13-10-23-16(21)18-13/h3-4,8-9,13,17H,2,5-7,10H2,1H3,(H,18,21)/t13-/m0/s1. The Kier molecular flexibility index (Phi) is 4.45. The Hall–Kier alpha value is -2.57. The Morgan fingerprint density at radius 3 is 3.00 bits per heavy atom. The van der Waals surface area contributed by atoms with Gasteiger partial charge in [0.1, 0.15) is 6.61 Å². The molecule has 2 aromatic rings. The molecule has 0 bridgehead atoms. The van der Waals surface area contributed by atoms with Crippen LogP contribution in [-0.2, 0) is 17.6 Å². The highest BCUT2D eigenvalue weighted by molar-refractivity contribution is 5.84. The summed E-state index contributed by atoms with van der Waals surface area (Å²) in [6.07, 6.45) is 3.13. The number of fused-ring (bicyclic) bond motifs is 1. The second-order valence-corrected chi connectivity index (χ2v) is 5.72. The maximum absolute atomic E-state index is 11.1. The first-order valence-electron chi connectivity index (χ1n) is 7.80. The lowest BCUT2D eigenvalue weighted by Gasteiger charge is -2.12. The van der Waals surface area contributed by atoms with E-state index in [9.17, 15) is 9.70 Å². The molecular formula is C16H20N4O3. The molecule has 7 nitrogen and oxygen atoms in total. The average molecular weight is 316 g/mol. The van der Waals surface area contributed by atoms with Gasteiger partial charge in [-0.2, -0.15) is 0 Å². The molecule has 23 heavy (non-hydrogen) atoms. The first-order chi connectivity index (χ1) is 11.2. The highest BCUT2D eigenvalue weighted by atomic mass is 16.6. The summed E-state index contributed by atoms with van der Waals surface area (Å²) in [6, 6.07) is 6.26. The molecular weight excluding hydrogens is 296 g/mol. The van der Waals surface area contributed by atoms with Crippen molar-refractivity contribution < 1.29 is 9.53 Å². The van der Waals surface area contributed by atoms with Gasteiger partial charge in [0.2, 0.25) is 0 Å². The van der Waals surface area contributed by atoms with E-state index in [-0.39, 0.29) is 12.1 Å². The Labute approximate surface area is 133 Å². The number of nitrogens with one attached hydrogen (secondary N) is 2. The first kappa shape index (κ1) is 15.3. The summed E-state index contributed by atoms with van der Waals surface area (Å²) in [5.74, 6) is 0. The Balaban J connectivity index is 1.74.